The molecule has 2 aromatic rings. The molecule has 0 aliphatic carbocycles. The standard InChI is InChI=1S/C18H15BrN2O2S/c1-10-3-8-15-14(9-10)18(17(23)20-15)21(16(22)11(2)24-18)13-6-4-12(19)5-7-13/h3-9,11H,1-2H3,(H,20,23). The Labute approximate surface area is 152 Å². The van der Waals surface area contributed by atoms with Crippen LogP contribution >= 0.6 is 27.7 Å². The van der Waals surface area contributed by atoms with Crippen molar-refractivity contribution in [3.05, 3.63) is 58.1 Å². The van der Waals surface area contributed by atoms with Gasteiger partial charge in [0.25, 0.3) is 5.91 Å². The van der Waals surface area contributed by atoms with E-state index < -0.39 is 4.87 Å². The van der Waals surface area contributed by atoms with Crippen molar-refractivity contribution >= 4 is 50.9 Å². The van der Waals surface area contributed by atoms with Crippen LogP contribution in [0, 0.1) is 6.92 Å². The van der Waals surface area contributed by atoms with Crippen LogP contribution < -0.4 is 10.2 Å². The van der Waals surface area contributed by atoms with E-state index in [0.29, 0.717) is 0 Å². The molecule has 2 unspecified atom stereocenters. The van der Waals surface area contributed by atoms with Crippen LogP contribution in [0.15, 0.2) is 46.9 Å². The van der Waals surface area contributed by atoms with Crippen LogP contribution in [0.1, 0.15) is 18.1 Å². The number of hydrogen-bond acceptors (Lipinski definition) is 3. The van der Waals surface area contributed by atoms with E-state index in [4.69, 9.17) is 0 Å². The number of carbonyl (C=O) groups excluding carboxylic acids is 2. The first-order valence-electron chi connectivity index (χ1n) is 7.63. The lowest BCUT2D eigenvalue weighted by atomic mass is 10.0. The van der Waals surface area contributed by atoms with E-state index in [2.05, 4.69) is 21.2 Å². The number of amides is 2. The van der Waals surface area contributed by atoms with E-state index in [1.165, 1.54) is 11.8 Å². The molecule has 122 valence electrons. The molecular formula is C18H15BrN2O2S. The average Bonchev–Trinajstić information content (AvgIpc) is 2.97. The minimum absolute atomic E-state index is 0.0492. The Hall–Kier alpha value is -1.79. The Morgan fingerprint density at radius 3 is 2.58 bits per heavy atom. The number of hydrogen-bond donors (Lipinski definition) is 1. The van der Waals surface area contributed by atoms with Gasteiger partial charge in [-0.3, -0.25) is 14.5 Å². The summed E-state index contributed by atoms with van der Waals surface area (Å²) in [4.78, 5) is 26.5. The lowest BCUT2D eigenvalue weighted by Crippen LogP contribution is -2.47. The number of halogens is 1. The summed E-state index contributed by atoms with van der Waals surface area (Å²) in [5.74, 6) is -0.208. The molecule has 4 rings (SSSR count). The van der Waals surface area contributed by atoms with E-state index in [-0.39, 0.29) is 17.1 Å². The molecule has 1 fully saturated rings. The van der Waals surface area contributed by atoms with E-state index in [9.17, 15) is 9.59 Å². The van der Waals surface area contributed by atoms with Crippen LogP contribution in [0.4, 0.5) is 11.4 Å². The fourth-order valence-electron chi connectivity index (χ4n) is 3.31. The van der Waals surface area contributed by atoms with Crippen LogP contribution in [0.3, 0.4) is 0 Å². The summed E-state index contributed by atoms with van der Waals surface area (Å²) in [6.45, 7) is 3.85. The highest BCUT2D eigenvalue weighted by Crippen LogP contribution is 2.56. The minimum atomic E-state index is -1.04. The molecule has 0 saturated carbocycles. The third-order valence-corrected chi connectivity index (χ3v) is 6.42. The fraction of sp³-hybridized carbons (Fsp3) is 0.222. The smallest absolute Gasteiger partial charge is 0.266 e. The molecule has 6 heteroatoms. The number of benzene rings is 2. The van der Waals surface area contributed by atoms with Gasteiger partial charge in [-0.1, -0.05) is 33.6 Å². The molecule has 0 radical (unpaired) electrons. The lowest BCUT2D eigenvalue weighted by molar-refractivity contribution is -0.122. The molecule has 2 amide bonds. The Kier molecular flexibility index (Phi) is 3.51. The number of thioether (sulfide) groups is 1. The van der Waals surface area contributed by atoms with E-state index in [1.54, 1.807) is 4.90 Å². The van der Waals surface area contributed by atoms with Crippen molar-refractivity contribution < 1.29 is 9.59 Å². The molecule has 0 bridgehead atoms. The summed E-state index contributed by atoms with van der Waals surface area (Å²) in [6.07, 6.45) is 0. The highest BCUT2D eigenvalue weighted by Gasteiger charge is 2.60. The molecule has 4 nitrogen and oxygen atoms in total. The summed E-state index contributed by atoms with van der Waals surface area (Å²) >= 11 is 4.82. The average molecular weight is 403 g/mol. The number of fused-ring (bicyclic) bond motifs is 2. The second-order valence-electron chi connectivity index (χ2n) is 6.06. The number of anilines is 2. The van der Waals surface area contributed by atoms with E-state index in [0.717, 1.165) is 27.0 Å². The summed E-state index contributed by atoms with van der Waals surface area (Å²) in [5.41, 5.74) is 3.43. The fourth-order valence-corrected chi connectivity index (χ4v) is 5.05. The Balaban J connectivity index is 1.95. The zero-order valence-corrected chi connectivity index (χ0v) is 15.6. The van der Waals surface area contributed by atoms with Gasteiger partial charge in [0.2, 0.25) is 10.8 Å². The number of nitrogens with one attached hydrogen (secondary N) is 1. The van der Waals surface area contributed by atoms with Gasteiger partial charge in [-0.15, -0.1) is 11.8 Å². The van der Waals surface area contributed by atoms with Crippen molar-refractivity contribution in [3.8, 4) is 0 Å². The molecular weight excluding hydrogens is 388 g/mol. The first-order chi connectivity index (χ1) is 11.4. The topological polar surface area (TPSA) is 49.4 Å². The van der Waals surface area contributed by atoms with E-state index >= 15 is 0 Å². The van der Waals surface area contributed by atoms with Gasteiger partial charge in [0.15, 0.2) is 0 Å². The maximum Gasteiger partial charge on any atom is 0.266 e. The minimum Gasteiger partial charge on any atom is -0.323 e. The number of rotatable bonds is 1. The summed E-state index contributed by atoms with van der Waals surface area (Å²) in [5, 5.41) is 2.66. The number of nitrogens with zero attached hydrogens (tertiary/aromatic N) is 1. The Bertz CT molecular complexity index is 868. The highest BCUT2D eigenvalue weighted by molar-refractivity contribution is 9.10. The zero-order valence-electron chi connectivity index (χ0n) is 13.2. The monoisotopic (exact) mass is 402 g/mol. The Morgan fingerprint density at radius 1 is 1.17 bits per heavy atom. The summed E-state index contributed by atoms with van der Waals surface area (Å²) in [6, 6.07) is 13.4. The molecule has 1 N–H and O–H groups in total. The van der Waals surface area contributed by atoms with Crippen molar-refractivity contribution in [3.63, 3.8) is 0 Å². The first-order valence-corrected chi connectivity index (χ1v) is 9.31. The molecule has 1 saturated heterocycles. The van der Waals surface area contributed by atoms with E-state index in [1.807, 2.05) is 56.3 Å². The molecule has 0 aromatic heterocycles. The quantitative estimate of drug-likeness (QED) is 0.782. The van der Waals surface area contributed by atoms with Crippen molar-refractivity contribution in [2.45, 2.75) is 24.0 Å². The number of carbonyl (C=O) groups is 2. The second kappa shape index (κ2) is 5.36. The molecule has 2 aliphatic heterocycles. The van der Waals surface area contributed by atoms with Gasteiger partial charge >= 0.3 is 0 Å². The molecule has 1 spiro atoms. The third-order valence-electron chi connectivity index (χ3n) is 4.41. The van der Waals surface area contributed by atoms with Crippen LogP contribution in [0.2, 0.25) is 0 Å². The summed E-state index contributed by atoms with van der Waals surface area (Å²) < 4.78 is 0.930. The van der Waals surface area contributed by atoms with Crippen LogP contribution in [-0.4, -0.2) is 17.1 Å². The van der Waals surface area contributed by atoms with Crippen LogP contribution in [0.25, 0.3) is 0 Å². The third kappa shape index (κ3) is 2.06. The van der Waals surface area contributed by atoms with Crippen LogP contribution in [-0.2, 0) is 14.5 Å². The van der Waals surface area contributed by atoms with Crippen molar-refractivity contribution in [1.82, 2.24) is 0 Å². The van der Waals surface area contributed by atoms with Gasteiger partial charge in [0.05, 0.1) is 5.25 Å². The molecule has 2 aliphatic rings. The predicted molar refractivity (Wildman–Crippen MR) is 100 cm³/mol. The highest BCUT2D eigenvalue weighted by atomic mass is 79.9. The van der Waals surface area contributed by atoms with Crippen molar-refractivity contribution in [2.24, 2.45) is 0 Å². The second-order valence-corrected chi connectivity index (χ2v) is 8.51. The zero-order chi connectivity index (χ0) is 17.1. The van der Waals surface area contributed by atoms with Gasteiger partial charge in [0, 0.05) is 21.4 Å². The van der Waals surface area contributed by atoms with Gasteiger partial charge in [-0.05, 0) is 44.2 Å². The maximum absolute atomic E-state index is 13.0. The predicted octanol–water partition coefficient (Wildman–Crippen LogP) is 4.03. The first kappa shape index (κ1) is 15.7. The van der Waals surface area contributed by atoms with Crippen LogP contribution in [0.5, 0.6) is 0 Å². The molecule has 24 heavy (non-hydrogen) atoms. The van der Waals surface area contributed by atoms with Gasteiger partial charge in [-0.2, -0.15) is 0 Å². The lowest BCUT2D eigenvalue weighted by Gasteiger charge is -2.32. The molecule has 2 heterocycles. The van der Waals surface area contributed by atoms with Crippen molar-refractivity contribution in [2.75, 3.05) is 10.2 Å². The molecule has 2 atom stereocenters. The van der Waals surface area contributed by atoms with Gasteiger partial charge in [-0.25, -0.2) is 0 Å². The van der Waals surface area contributed by atoms with Crippen molar-refractivity contribution in [1.29, 1.82) is 0 Å². The largest absolute Gasteiger partial charge is 0.323 e. The normalized spacial score (nSPS) is 25.3. The molecule has 2 aromatic carbocycles. The SMILES string of the molecule is Cc1ccc2c(c1)C1(SC(C)C(=O)N1c1ccc(Br)cc1)C(=O)N2. The van der Waals surface area contributed by atoms with Gasteiger partial charge < -0.3 is 5.32 Å². The van der Waals surface area contributed by atoms with Gasteiger partial charge in [0.1, 0.15) is 0 Å². The maximum atomic E-state index is 13.0. The summed E-state index contributed by atoms with van der Waals surface area (Å²) in [7, 11) is 0. The number of aryl methyl sites for hydroxylation is 1. The Morgan fingerprint density at radius 2 is 1.88 bits per heavy atom.